The third-order valence-corrected chi connectivity index (χ3v) is 2.49. The lowest BCUT2D eigenvalue weighted by Gasteiger charge is -2.12. The fraction of sp³-hybridized carbons (Fsp3) is 0.538. The van der Waals surface area contributed by atoms with Crippen LogP contribution >= 0.6 is 0 Å². The Bertz CT molecular complexity index is 375. The summed E-state index contributed by atoms with van der Waals surface area (Å²) in [6, 6.07) is 3.84. The summed E-state index contributed by atoms with van der Waals surface area (Å²) in [4.78, 5) is 0. The number of nitrogens with two attached hydrogens (primary N) is 1. The number of hydrogen-bond donors (Lipinski definition) is 1. The van der Waals surface area contributed by atoms with Crippen LogP contribution in [0.1, 0.15) is 25.7 Å². The van der Waals surface area contributed by atoms with E-state index in [-0.39, 0.29) is 5.75 Å². The Labute approximate surface area is 110 Å². The normalized spacial score (nSPS) is 10.8. The van der Waals surface area contributed by atoms with Gasteiger partial charge in [0.05, 0.1) is 6.61 Å². The average molecular weight is 277 g/mol. The Kier molecular flexibility index (Phi) is 7.10. The summed E-state index contributed by atoms with van der Waals surface area (Å²) >= 11 is 0. The zero-order valence-corrected chi connectivity index (χ0v) is 10.6. The summed E-state index contributed by atoms with van der Waals surface area (Å²) in [5.74, 6) is -1.40. The number of rotatable bonds is 9. The minimum absolute atomic E-state index is 0.000810. The molecule has 0 heterocycles. The first-order valence-electron chi connectivity index (χ1n) is 6.21. The maximum absolute atomic E-state index is 13.3. The maximum Gasteiger partial charge on any atom is 0.387 e. The van der Waals surface area contributed by atoms with Crippen LogP contribution in [0.3, 0.4) is 0 Å². The molecule has 0 unspecified atom stereocenters. The van der Waals surface area contributed by atoms with Gasteiger partial charge in [0, 0.05) is 0 Å². The van der Waals surface area contributed by atoms with Crippen molar-refractivity contribution in [2.45, 2.75) is 32.3 Å². The molecule has 0 atom stereocenters. The first-order chi connectivity index (χ1) is 9.15. The summed E-state index contributed by atoms with van der Waals surface area (Å²) in [7, 11) is 0. The zero-order chi connectivity index (χ0) is 14.1. The Morgan fingerprint density at radius 2 is 1.84 bits per heavy atom. The van der Waals surface area contributed by atoms with Crippen molar-refractivity contribution in [3.8, 4) is 11.5 Å². The Balaban J connectivity index is 2.46. The van der Waals surface area contributed by atoms with Gasteiger partial charge in [-0.25, -0.2) is 4.39 Å². The van der Waals surface area contributed by atoms with Crippen molar-refractivity contribution >= 4 is 0 Å². The number of hydrogen-bond acceptors (Lipinski definition) is 3. The van der Waals surface area contributed by atoms with E-state index in [1.807, 2.05) is 0 Å². The molecule has 0 bridgehead atoms. The molecule has 3 nitrogen and oxygen atoms in total. The van der Waals surface area contributed by atoms with Gasteiger partial charge in [0.1, 0.15) is 0 Å². The van der Waals surface area contributed by atoms with Crippen molar-refractivity contribution in [1.29, 1.82) is 0 Å². The van der Waals surface area contributed by atoms with Crippen molar-refractivity contribution in [2.24, 2.45) is 5.73 Å². The van der Waals surface area contributed by atoms with Crippen molar-refractivity contribution in [2.75, 3.05) is 13.2 Å². The third kappa shape index (κ3) is 5.83. The fourth-order valence-corrected chi connectivity index (χ4v) is 1.59. The van der Waals surface area contributed by atoms with Gasteiger partial charge in [-0.15, -0.1) is 0 Å². The molecule has 0 aliphatic heterocycles. The van der Waals surface area contributed by atoms with Gasteiger partial charge in [0.15, 0.2) is 11.6 Å². The summed E-state index contributed by atoms with van der Waals surface area (Å²) < 4.78 is 47.0. The van der Waals surface area contributed by atoms with Gasteiger partial charge in [-0.1, -0.05) is 18.9 Å². The van der Waals surface area contributed by atoms with E-state index in [4.69, 9.17) is 10.5 Å². The largest absolute Gasteiger partial charge is 0.490 e. The highest BCUT2D eigenvalue weighted by Gasteiger charge is 2.15. The van der Waals surface area contributed by atoms with E-state index in [0.717, 1.165) is 31.7 Å². The fourth-order valence-electron chi connectivity index (χ4n) is 1.59. The topological polar surface area (TPSA) is 44.5 Å². The summed E-state index contributed by atoms with van der Waals surface area (Å²) in [5, 5.41) is 0. The lowest BCUT2D eigenvalue weighted by molar-refractivity contribution is -0.0539. The van der Waals surface area contributed by atoms with Crippen molar-refractivity contribution in [1.82, 2.24) is 0 Å². The number of unbranched alkanes of at least 4 members (excludes halogenated alkanes) is 3. The number of benzene rings is 1. The van der Waals surface area contributed by atoms with Crippen LogP contribution in [0.4, 0.5) is 13.2 Å². The summed E-state index contributed by atoms with van der Waals surface area (Å²) in [5.41, 5.74) is 5.36. The molecule has 0 spiro atoms. The molecule has 1 rings (SSSR count). The SMILES string of the molecule is NCCCCCCOc1cccc(F)c1OC(F)F. The van der Waals surface area contributed by atoms with E-state index in [0.29, 0.717) is 13.2 Å². The van der Waals surface area contributed by atoms with Crippen LogP contribution in [0.25, 0.3) is 0 Å². The highest BCUT2D eigenvalue weighted by Crippen LogP contribution is 2.31. The van der Waals surface area contributed by atoms with E-state index in [2.05, 4.69) is 4.74 Å². The van der Waals surface area contributed by atoms with Gasteiger partial charge in [-0.3, -0.25) is 0 Å². The molecule has 0 amide bonds. The highest BCUT2D eigenvalue weighted by atomic mass is 19.3. The van der Waals surface area contributed by atoms with Crippen LogP contribution < -0.4 is 15.2 Å². The van der Waals surface area contributed by atoms with Gasteiger partial charge in [-0.05, 0) is 31.5 Å². The Morgan fingerprint density at radius 3 is 2.53 bits per heavy atom. The van der Waals surface area contributed by atoms with Crippen molar-refractivity contribution in [3.63, 3.8) is 0 Å². The van der Waals surface area contributed by atoms with Crippen molar-refractivity contribution < 1.29 is 22.6 Å². The number of alkyl halides is 2. The molecule has 6 heteroatoms. The second-order valence-corrected chi connectivity index (χ2v) is 4.00. The van der Waals surface area contributed by atoms with Gasteiger partial charge >= 0.3 is 6.61 Å². The average Bonchev–Trinajstić information content (AvgIpc) is 2.37. The molecule has 1 aromatic carbocycles. The van der Waals surface area contributed by atoms with E-state index in [1.54, 1.807) is 0 Å². The first kappa shape index (κ1) is 15.6. The molecule has 2 N–H and O–H groups in total. The lowest BCUT2D eigenvalue weighted by Crippen LogP contribution is -2.07. The number of ether oxygens (including phenoxy) is 2. The minimum Gasteiger partial charge on any atom is -0.490 e. The minimum atomic E-state index is -3.08. The molecule has 0 aliphatic carbocycles. The molecule has 0 fully saturated rings. The monoisotopic (exact) mass is 277 g/mol. The van der Waals surface area contributed by atoms with Crippen LogP contribution in [0.5, 0.6) is 11.5 Å². The molecule has 0 saturated heterocycles. The second-order valence-electron chi connectivity index (χ2n) is 4.00. The molecular formula is C13H18F3NO2. The van der Waals surface area contributed by atoms with Gasteiger partial charge in [0.25, 0.3) is 0 Å². The van der Waals surface area contributed by atoms with Crippen LogP contribution in [-0.4, -0.2) is 19.8 Å². The van der Waals surface area contributed by atoms with Crippen LogP contribution in [0, 0.1) is 5.82 Å². The van der Waals surface area contributed by atoms with Crippen LogP contribution in [0.15, 0.2) is 18.2 Å². The van der Waals surface area contributed by atoms with Crippen molar-refractivity contribution in [3.05, 3.63) is 24.0 Å². The van der Waals surface area contributed by atoms with E-state index in [1.165, 1.54) is 12.1 Å². The van der Waals surface area contributed by atoms with E-state index in [9.17, 15) is 13.2 Å². The molecule has 0 saturated carbocycles. The molecule has 19 heavy (non-hydrogen) atoms. The summed E-state index contributed by atoms with van der Waals surface area (Å²) in [6.07, 6.45) is 3.62. The van der Waals surface area contributed by atoms with Gasteiger partial charge in [-0.2, -0.15) is 8.78 Å². The van der Waals surface area contributed by atoms with Gasteiger partial charge < -0.3 is 15.2 Å². The Hall–Kier alpha value is -1.43. The molecule has 0 aromatic heterocycles. The van der Waals surface area contributed by atoms with Gasteiger partial charge in [0.2, 0.25) is 5.75 Å². The molecule has 1 aromatic rings. The molecule has 0 radical (unpaired) electrons. The predicted octanol–water partition coefficient (Wildman–Crippen LogP) is 3.33. The Morgan fingerprint density at radius 1 is 1.11 bits per heavy atom. The zero-order valence-electron chi connectivity index (χ0n) is 10.6. The predicted molar refractivity (Wildman–Crippen MR) is 66.0 cm³/mol. The quantitative estimate of drug-likeness (QED) is 0.704. The molecular weight excluding hydrogens is 259 g/mol. The van der Waals surface area contributed by atoms with Crippen LogP contribution in [0.2, 0.25) is 0 Å². The lowest BCUT2D eigenvalue weighted by atomic mass is 10.2. The smallest absolute Gasteiger partial charge is 0.387 e. The number of para-hydroxylation sites is 1. The molecule has 0 aliphatic rings. The first-order valence-corrected chi connectivity index (χ1v) is 6.21. The third-order valence-electron chi connectivity index (χ3n) is 2.49. The number of halogens is 3. The van der Waals surface area contributed by atoms with E-state index < -0.39 is 18.2 Å². The highest BCUT2D eigenvalue weighted by molar-refractivity contribution is 5.40. The second kappa shape index (κ2) is 8.63. The van der Waals surface area contributed by atoms with E-state index >= 15 is 0 Å². The summed E-state index contributed by atoms with van der Waals surface area (Å²) in [6.45, 7) is -2.10. The standard InChI is InChI=1S/C13H18F3NO2/c14-10-6-5-7-11(12(10)19-13(15)16)18-9-4-2-1-3-8-17/h5-7,13H,1-4,8-9,17H2. The molecule has 108 valence electrons. The maximum atomic E-state index is 13.3. The van der Waals surface area contributed by atoms with Crippen LogP contribution in [-0.2, 0) is 0 Å².